The van der Waals surface area contributed by atoms with Crippen LogP contribution in [-0.4, -0.2) is 47.3 Å². The highest BCUT2D eigenvalue weighted by molar-refractivity contribution is 5.95. The van der Waals surface area contributed by atoms with Gasteiger partial charge in [0.25, 0.3) is 5.91 Å². The fourth-order valence-electron chi connectivity index (χ4n) is 3.77. The van der Waals surface area contributed by atoms with Gasteiger partial charge in [-0.1, -0.05) is 36.4 Å². The van der Waals surface area contributed by atoms with Crippen LogP contribution in [0.1, 0.15) is 27.7 Å². The van der Waals surface area contributed by atoms with Gasteiger partial charge in [-0.05, 0) is 25.1 Å². The SMILES string of the molecule is COc1ccccc1C1CNCCN1C(=O)c1cnn(-c2ccccc2)c1C. The molecular weight excluding hydrogens is 352 g/mol. The second-order valence-electron chi connectivity index (χ2n) is 6.85. The van der Waals surface area contributed by atoms with E-state index in [0.717, 1.165) is 29.2 Å². The molecule has 1 atom stereocenters. The largest absolute Gasteiger partial charge is 0.496 e. The predicted octanol–water partition coefficient (Wildman–Crippen LogP) is 2.98. The molecule has 1 N–H and O–H groups in total. The zero-order valence-electron chi connectivity index (χ0n) is 16.1. The van der Waals surface area contributed by atoms with E-state index in [2.05, 4.69) is 10.4 Å². The Morgan fingerprint density at radius 1 is 1.14 bits per heavy atom. The van der Waals surface area contributed by atoms with Gasteiger partial charge in [0.1, 0.15) is 5.75 Å². The number of para-hydroxylation sites is 2. The minimum atomic E-state index is -0.0862. The van der Waals surface area contributed by atoms with Gasteiger partial charge in [0, 0.05) is 25.2 Å². The quantitative estimate of drug-likeness (QED) is 0.761. The number of nitrogens with zero attached hydrogens (tertiary/aromatic N) is 3. The van der Waals surface area contributed by atoms with Crippen LogP contribution in [0.4, 0.5) is 0 Å². The number of methoxy groups -OCH3 is 1. The molecule has 0 radical (unpaired) electrons. The van der Waals surface area contributed by atoms with Crippen molar-refractivity contribution in [3.05, 3.63) is 77.6 Å². The standard InChI is InChI=1S/C22H24N4O2/c1-16-19(14-24-26(16)17-8-4-3-5-9-17)22(27)25-13-12-23-15-20(25)18-10-6-7-11-21(18)28-2/h3-11,14,20,23H,12-13,15H2,1-2H3. The Morgan fingerprint density at radius 2 is 1.89 bits per heavy atom. The van der Waals surface area contributed by atoms with Crippen molar-refractivity contribution in [2.24, 2.45) is 0 Å². The number of hydrogen-bond donors (Lipinski definition) is 1. The molecule has 4 rings (SSSR count). The summed E-state index contributed by atoms with van der Waals surface area (Å²) >= 11 is 0. The Kier molecular flexibility index (Phi) is 5.12. The lowest BCUT2D eigenvalue weighted by Crippen LogP contribution is -2.48. The predicted molar refractivity (Wildman–Crippen MR) is 108 cm³/mol. The third-order valence-electron chi connectivity index (χ3n) is 5.24. The molecule has 0 bridgehead atoms. The fraction of sp³-hybridized carbons (Fsp3) is 0.273. The smallest absolute Gasteiger partial charge is 0.257 e. The van der Waals surface area contributed by atoms with Crippen LogP contribution in [0.15, 0.2) is 60.8 Å². The maximum atomic E-state index is 13.5. The summed E-state index contributed by atoms with van der Waals surface area (Å²) in [5, 5.41) is 7.86. The summed E-state index contributed by atoms with van der Waals surface area (Å²) in [6.45, 7) is 4.03. The Hall–Kier alpha value is -3.12. The number of carbonyl (C=O) groups excluding carboxylic acids is 1. The van der Waals surface area contributed by atoms with E-state index in [1.54, 1.807) is 13.3 Å². The van der Waals surface area contributed by atoms with Gasteiger partial charge in [-0.15, -0.1) is 0 Å². The Morgan fingerprint density at radius 3 is 2.68 bits per heavy atom. The molecule has 6 nitrogen and oxygen atoms in total. The molecule has 1 fully saturated rings. The van der Waals surface area contributed by atoms with E-state index in [1.807, 2.05) is 71.1 Å². The van der Waals surface area contributed by atoms with Gasteiger partial charge in [0.15, 0.2) is 0 Å². The van der Waals surface area contributed by atoms with E-state index < -0.39 is 0 Å². The number of piperazine rings is 1. The minimum Gasteiger partial charge on any atom is -0.496 e. The van der Waals surface area contributed by atoms with E-state index >= 15 is 0 Å². The molecule has 0 saturated carbocycles. The highest BCUT2D eigenvalue weighted by Gasteiger charge is 2.32. The Labute approximate surface area is 164 Å². The average Bonchev–Trinajstić information content (AvgIpc) is 3.15. The van der Waals surface area contributed by atoms with Gasteiger partial charge in [-0.2, -0.15) is 5.10 Å². The van der Waals surface area contributed by atoms with Crippen LogP contribution < -0.4 is 10.1 Å². The van der Waals surface area contributed by atoms with Crippen molar-refractivity contribution in [3.8, 4) is 11.4 Å². The second-order valence-corrected chi connectivity index (χ2v) is 6.85. The maximum absolute atomic E-state index is 13.5. The summed E-state index contributed by atoms with van der Waals surface area (Å²) in [6.07, 6.45) is 1.67. The number of ether oxygens (including phenoxy) is 1. The molecule has 1 aromatic heterocycles. The van der Waals surface area contributed by atoms with E-state index in [0.29, 0.717) is 18.7 Å². The zero-order chi connectivity index (χ0) is 19.5. The molecule has 6 heteroatoms. The first-order valence-electron chi connectivity index (χ1n) is 9.45. The van der Waals surface area contributed by atoms with E-state index in [-0.39, 0.29) is 11.9 Å². The first kappa shape index (κ1) is 18.3. The molecule has 1 saturated heterocycles. The molecule has 28 heavy (non-hydrogen) atoms. The second kappa shape index (κ2) is 7.86. The van der Waals surface area contributed by atoms with Crippen molar-refractivity contribution in [2.45, 2.75) is 13.0 Å². The third-order valence-corrected chi connectivity index (χ3v) is 5.24. The van der Waals surface area contributed by atoms with Crippen LogP contribution in [0.2, 0.25) is 0 Å². The number of amides is 1. The van der Waals surface area contributed by atoms with Gasteiger partial charge < -0.3 is 15.0 Å². The molecule has 1 aliphatic rings. The van der Waals surface area contributed by atoms with Crippen molar-refractivity contribution < 1.29 is 9.53 Å². The summed E-state index contributed by atoms with van der Waals surface area (Å²) in [6, 6.07) is 17.7. The number of hydrogen-bond acceptors (Lipinski definition) is 4. The number of carbonyl (C=O) groups is 1. The zero-order valence-corrected chi connectivity index (χ0v) is 16.1. The van der Waals surface area contributed by atoms with Gasteiger partial charge in [-0.3, -0.25) is 4.79 Å². The lowest BCUT2D eigenvalue weighted by molar-refractivity contribution is 0.0631. The highest BCUT2D eigenvalue weighted by atomic mass is 16.5. The third kappa shape index (κ3) is 3.27. The Bertz CT molecular complexity index is 968. The van der Waals surface area contributed by atoms with Gasteiger partial charge in [-0.25, -0.2) is 4.68 Å². The summed E-state index contributed by atoms with van der Waals surface area (Å²) < 4.78 is 7.35. The van der Waals surface area contributed by atoms with Gasteiger partial charge in [0.2, 0.25) is 0 Å². The lowest BCUT2D eigenvalue weighted by Gasteiger charge is -2.37. The van der Waals surface area contributed by atoms with Crippen molar-refractivity contribution in [3.63, 3.8) is 0 Å². The number of benzene rings is 2. The number of nitrogens with one attached hydrogen (secondary N) is 1. The summed E-state index contributed by atoms with van der Waals surface area (Å²) in [7, 11) is 1.66. The van der Waals surface area contributed by atoms with Crippen LogP contribution in [0.3, 0.4) is 0 Å². The molecular formula is C22H24N4O2. The topological polar surface area (TPSA) is 59.4 Å². The average molecular weight is 376 g/mol. The van der Waals surface area contributed by atoms with Crippen LogP contribution in [0.5, 0.6) is 5.75 Å². The first-order chi connectivity index (χ1) is 13.7. The molecule has 2 aromatic carbocycles. The molecule has 1 amide bonds. The van der Waals surface area contributed by atoms with Crippen LogP contribution >= 0.6 is 0 Å². The van der Waals surface area contributed by atoms with Gasteiger partial charge >= 0.3 is 0 Å². The molecule has 0 spiro atoms. The number of rotatable bonds is 4. The summed E-state index contributed by atoms with van der Waals surface area (Å²) in [4.78, 5) is 15.4. The van der Waals surface area contributed by atoms with Crippen LogP contribution in [0.25, 0.3) is 5.69 Å². The minimum absolute atomic E-state index is 0.00270. The highest BCUT2D eigenvalue weighted by Crippen LogP contribution is 2.31. The summed E-state index contributed by atoms with van der Waals surface area (Å²) in [5.74, 6) is 0.794. The number of aromatic nitrogens is 2. The maximum Gasteiger partial charge on any atom is 0.257 e. The first-order valence-corrected chi connectivity index (χ1v) is 9.45. The monoisotopic (exact) mass is 376 g/mol. The molecule has 144 valence electrons. The van der Waals surface area contributed by atoms with E-state index in [9.17, 15) is 4.79 Å². The lowest BCUT2D eigenvalue weighted by atomic mass is 10.0. The van der Waals surface area contributed by atoms with Crippen LogP contribution in [0, 0.1) is 6.92 Å². The molecule has 0 aliphatic carbocycles. The van der Waals surface area contributed by atoms with Gasteiger partial charge in [0.05, 0.1) is 36.3 Å². The fourth-order valence-corrected chi connectivity index (χ4v) is 3.77. The van der Waals surface area contributed by atoms with Crippen LogP contribution in [-0.2, 0) is 0 Å². The molecule has 3 aromatic rings. The van der Waals surface area contributed by atoms with E-state index in [1.165, 1.54) is 0 Å². The van der Waals surface area contributed by atoms with Crippen molar-refractivity contribution in [2.75, 3.05) is 26.7 Å². The molecule has 1 unspecified atom stereocenters. The molecule has 1 aliphatic heterocycles. The van der Waals surface area contributed by atoms with Crippen molar-refractivity contribution in [1.29, 1.82) is 0 Å². The van der Waals surface area contributed by atoms with Crippen molar-refractivity contribution in [1.82, 2.24) is 20.0 Å². The van der Waals surface area contributed by atoms with E-state index in [4.69, 9.17) is 4.74 Å². The van der Waals surface area contributed by atoms with Crippen molar-refractivity contribution >= 4 is 5.91 Å². The normalized spacial score (nSPS) is 16.8. The molecule has 2 heterocycles. The summed E-state index contributed by atoms with van der Waals surface area (Å²) in [5.41, 5.74) is 3.43. The Balaban J connectivity index is 1.67.